The van der Waals surface area contributed by atoms with Crippen LogP contribution in [0.15, 0.2) is 41.0 Å². The third-order valence-corrected chi connectivity index (χ3v) is 5.14. The van der Waals surface area contributed by atoms with Crippen LogP contribution < -0.4 is 5.32 Å². The molecule has 0 radical (unpaired) electrons. The molecule has 3 aromatic rings. The quantitative estimate of drug-likeness (QED) is 0.768. The van der Waals surface area contributed by atoms with Gasteiger partial charge in [-0.3, -0.25) is 4.68 Å². The molecule has 104 valence electrons. The zero-order chi connectivity index (χ0) is 14.1. The Morgan fingerprint density at radius 1 is 1.40 bits per heavy atom. The lowest BCUT2D eigenvalue weighted by Crippen LogP contribution is -2.23. The summed E-state index contributed by atoms with van der Waals surface area (Å²) in [5.41, 5.74) is 1.17. The largest absolute Gasteiger partial charge is 0.305 e. The molecular weight excluding hydrogens is 334 g/mol. The van der Waals surface area contributed by atoms with E-state index in [9.17, 15) is 0 Å². The van der Waals surface area contributed by atoms with Crippen molar-refractivity contribution in [3.05, 3.63) is 51.6 Å². The fraction of sp³-hybridized carbons (Fsp3) is 0.267. The maximum atomic E-state index is 4.33. The molecule has 1 N–H and O–H groups in total. The summed E-state index contributed by atoms with van der Waals surface area (Å²) in [7, 11) is 1.98. The van der Waals surface area contributed by atoms with Gasteiger partial charge in [0, 0.05) is 16.6 Å². The van der Waals surface area contributed by atoms with Gasteiger partial charge in [-0.25, -0.2) is 0 Å². The summed E-state index contributed by atoms with van der Waals surface area (Å²) in [5, 5.41) is 9.20. The molecule has 3 rings (SSSR count). The lowest BCUT2D eigenvalue weighted by molar-refractivity contribution is 0.577. The number of halogens is 1. The topological polar surface area (TPSA) is 29.9 Å². The Labute approximate surface area is 130 Å². The fourth-order valence-corrected chi connectivity index (χ4v) is 4.15. The first-order chi connectivity index (χ1) is 9.70. The molecule has 2 heterocycles. The molecule has 0 spiro atoms. The average molecular weight is 350 g/mol. The Hall–Kier alpha value is -1.17. The molecule has 2 aromatic heterocycles. The molecule has 20 heavy (non-hydrogen) atoms. The molecule has 0 saturated carbocycles. The first kappa shape index (κ1) is 13.8. The van der Waals surface area contributed by atoms with E-state index in [0.29, 0.717) is 0 Å². The number of nitrogens with one attached hydrogen (secondary N) is 1. The van der Waals surface area contributed by atoms with Gasteiger partial charge in [0.05, 0.1) is 22.4 Å². The van der Waals surface area contributed by atoms with Gasteiger partial charge in [0.25, 0.3) is 0 Å². The molecule has 0 saturated heterocycles. The molecular formula is C15H16BrN3S. The second-order valence-corrected chi connectivity index (χ2v) is 6.65. The Bertz CT molecular complexity index is 679. The minimum absolute atomic E-state index is 0.166. The monoisotopic (exact) mass is 349 g/mol. The van der Waals surface area contributed by atoms with Gasteiger partial charge in [-0.05, 0) is 40.0 Å². The van der Waals surface area contributed by atoms with Crippen LogP contribution >= 0.6 is 27.3 Å². The van der Waals surface area contributed by atoms with E-state index < -0.39 is 0 Å². The molecule has 0 aliphatic heterocycles. The third kappa shape index (κ3) is 2.41. The Kier molecular flexibility index (Phi) is 3.92. The summed E-state index contributed by atoms with van der Waals surface area (Å²) in [4.78, 5) is 1.32. The molecule has 5 heteroatoms. The highest BCUT2D eigenvalue weighted by Crippen LogP contribution is 2.35. The van der Waals surface area contributed by atoms with Crippen molar-refractivity contribution in [3.63, 3.8) is 0 Å². The van der Waals surface area contributed by atoms with E-state index >= 15 is 0 Å². The average Bonchev–Trinajstić information content (AvgIpc) is 3.01. The van der Waals surface area contributed by atoms with Crippen LogP contribution in [0.2, 0.25) is 0 Å². The van der Waals surface area contributed by atoms with Gasteiger partial charge < -0.3 is 5.32 Å². The van der Waals surface area contributed by atoms with Crippen molar-refractivity contribution in [1.82, 2.24) is 15.1 Å². The van der Waals surface area contributed by atoms with Gasteiger partial charge in [0.1, 0.15) is 0 Å². The molecule has 0 amide bonds. The number of aryl methyl sites for hydroxylation is 1. The minimum atomic E-state index is 0.166. The van der Waals surface area contributed by atoms with Gasteiger partial charge in [-0.1, -0.05) is 25.1 Å². The van der Waals surface area contributed by atoms with Crippen LogP contribution in [0.25, 0.3) is 10.1 Å². The van der Waals surface area contributed by atoms with E-state index in [1.54, 1.807) is 0 Å². The Balaban J connectivity index is 2.10. The summed E-state index contributed by atoms with van der Waals surface area (Å²) in [5.74, 6) is 0. The van der Waals surface area contributed by atoms with Crippen LogP contribution in [-0.2, 0) is 7.05 Å². The van der Waals surface area contributed by atoms with E-state index in [1.807, 2.05) is 29.3 Å². The second kappa shape index (κ2) is 5.68. The number of aromatic nitrogens is 2. The van der Waals surface area contributed by atoms with Gasteiger partial charge >= 0.3 is 0 Å². The van der Waals surface area contributed by atoms with Crippen molar-refractivity contribution >= 4 is 37.4 Å². The normalized spacial score (nSPS) is 12.9. The van der Waals surface area contributed by atoms with Crippen molar-refractivity contribution in [2.75, 3.05) is 6.54 Å². The van der Waals surface area contributed by atoms with E-state index in [1.165, 1.54) is 20.7 Å². The smallest absolute Gasteiger partial charge is 0.0853 e. The van der Waals surface area contributed by atoms with Gasteiger partial charge in [-0.2, -0.15) is 5.10 Å². The zero-order valence-corrected chi connectivity index (χ0v) is 13.8. The SMILES string of the molecule is CCNC(c1cc2ccccc2s1)c1c(Br)cnn1C. The number of nitrogens with zero attached hydrogens (tertiary/aromatic N) is 2. The van der Waals surface area contributed by atoms with Crippen LogP contribution in [0.3, 0.4) is 0 Å². The van der Waals surface area contributed by atoms with Crippen molar-refractivity contribution in [2.45, 2.75) is 13.0 Å². The first-order valence-corrected chi connectivity index (χ1v) is 8.21. The molecule has 1 atom stereocenters. The van der Waals surface area contributed by atoms with E-state index in [2.05, 4.69) is 63.6 Å². The summed E-state index contributed by atoms with van der Waals surface area (Å²) < 4.78 is 4.30. The molecule has 3 nitrogen and oxygen atoms in total. The van der Waals surface area contributed by atoms with Crippen molar-refractivity contribution in [2.24, 2.45) is 7.05 Å². The van der Waals surface area contributed by atoms with Gasteiger partial charge in [-0.15, -0.1) is 11.3 Å². The van der Waals surface area contributed by atoms with Crippen LogP contribution in [0, 0.1) is 0 Å². The standard InChI is InChI=1S/C15H16BrN3S/c1-3-17-14(15-11(16)9-18-19(15)2)13-8-10-6-4-5-7-12(10)20-13/h4-9,14,17H,3H2,1-2H3. The summed E-state index contributed by atoms with van der Waals surface area (Å²) in [6.45, 7) is 3.04. The highest BCUT2D eigenvalue weighted by Gasteiger charge is 2.21. The first-order valence-electron chi connectivity index (χ1n) is 6.60. The summed E-state index contributed by atoms with van der Waals surface area (Å²) in [6, 6.07) is 10.9. The predicted octanol–water partition coefficient (Wildman–Crippen LogP) is 4.10. The molecule has 1 unspecified atom stereocenters. The highest BCUT2D eigenvalue weighted by molar-refractivity contribution is 9.10. The number of hydrogen-bond donors (Lipinski definition) is 1. The highest BCUT2D eigenvalue weighted by atomic mass is 79.9. The van der Waals surface area contributed by atoms with Gasteiger partial charge in [0.2, 0.25) is 0 Å². The molecule has 0 aliphatic rings. The van der Waals surface area contributed by atoms with E-state index in [4.69, 9.17) is 0 Å². The molecule has 1 aromatic carbocycles. The Morgan fingerprint density at radius 2 is 2.20 bits per heavy atom. The maximum Gasteiger partial charge on any atom is 0.0853 e. The van der Waals surface area contributed by atoms with Crippen LogP contribution in [0.5, 0.6) is 0 Å². The lowest BCUT2D eigenvalue weighted by atomic mass is 10.1. The van der Waals surface area contributed by atoms with Crippen molar-refractivity contribution in [1.29, 1.82) is 0 Å². The van der Waals surface area contributed by atoms with Gasteiger partial charge in [0.15, 0.2) is 0 Å². The number of hydrogen-bond acceptors (Lipinski definition) is 3. The summed E-state index contributed by atoms with van der Waals surface area (Å²) in [6.07, 6.45) is 1.85. The van der Waals surface area contributed by atoms with Crippen LogP contribution in [-0.4, -0.2) is 16.3 Å². The molecule has 0 aliphatic carbocycles. The van der Waals surface area contributed by atoms with Crippen molar-refractivity contribution < 1.29 is 0 Å². The van der Waals surface area contributed by atoms with E-state index in [0.717, 1.165) is 11.0 Å². The third-order valence-electron chi connectivity index (χ3n) is 3.35. The van der Waals surface area contributed by atoms with Crippen LogP contribution in [0.1, 0.15) is 23.5 Å². The maximum absolute atomic E-state index is 4.33. The second-order valence-electron chi connectivity index (χ2n) is 4.68. The number of rotatable bonds is 4. The van der Waals surface area contributed by atoms with Crippen LogP contribution in [0.4, 0.5) is 0 Å². The lowest BCUT2D eigenvalue weighted by Gasteiger charge is -2.17. The minimum Gasteiger partial charge on any atom is -0.305 e. The fourth-order valence-electron chi connectivity index (χ4n) is 2.43. The molecule has 0 fully saturated rings. The van der Waals surface area contributed by atoms with Crippen molar-refractivity contribution in [3.8, 4) is 0 Å². The number of thiophene rings is 1. The zero-order valence-electron chi connectivity index (χ0n) is 11.4. The Morgan fingerprint density at radius 3 is 2.85 bits per heavy atom. The predicted molar refractivity (Wildman–Crippen MR) is 88.3 cm³/mol. The molecule has 0 bridgehead atoms. The number of fused-ring (bicyclic) bond motifs is 1. The summed E-state index contributed by atoms with van der Waals surface area (Å²) >= 11 is 5.45. The van der Waals surface area contributed by atoms with E-state index in [-0.39, 0.29) is 6.04 Å². The number of benzene rings is 1.